The summed E-state index contributed by atoms with van der Waals surface area (Å²) in [6.45, 7) is 1.81. The van der Waals surface area contributed by atoms with Gasteiger partial charge in [-0.2, -0.15) is 13.2 Å². The molecule has 6 nitrogen and oxygen atoms in total. The minimum absolute atomic E-state index is 0.0578. The van der Waals surface area contributed by atoms with Gasteiger partial charge in [-0.05, 0) is 49.4 Å². The third kappa shape index (κ3) is 6.19. The van der Waals surface area contributed by atoms with Crippen molar-refractivity contribution in [3.05, 3.63) is 95.3 Å². The lowest BCUT2D eigenvalue weighted by Gasteiger charge is -2.17. The van der Waals surface area contributed by atoms with Crippen LogP contribution in [0.4, 0.5) is 18.9 Å². The molecule has 1 N–H and O–H groups in total. The Morgan fingerprint density at radius 3 is 2.50 bits per heavy atom. The summed E-state index contributed by atoms with van der Waals surface area (Å²) in [5.41, 5.74) is -0.0239. The fraction of sp³-hybridized carbons (Fsp3) is 0.160. The lowest BCUT2D eigenvalue weighted by molar-refractivity contribution is -0.137. The van der Waals surface area contributed by atoms with Crippen molar-refractivity contribution in [1.29, 1.82) is 0 Å². The molecule has 11 heteroatoms. The second kappa shape index (κ2) is 11.0. The molecular weight excluding hydrogens is 513 g/mol. The normalized spacial score (nSPS) is 12.2. The molecule has 1 atom stereocenters. The number of carbonyl (C=O) groups excluding carboxylic acids is 1. The first kappa shape index (κ1) is 25.6. The monoisotopic (exact) mass is 532 g/mol. The SMILES string of the molecule is CC(Oc1ccccc1Cl)c1nnc(SCC(=O)Nc2cccc(C(F)(F)F)c2)n1-c1ccccc1. The van der Waals surface area contributed by atoms with Crippen molar-refractivity contribution in [3.8, 4) is 11.4 Å². The number of halogens is 4. The summed E-state index contributed by atoms with van der Waals surface area (Å²) < 4.78 is 46.6. The van der Waals surface area contributed by atoms with Crippen molar-refractivity contribution in [2.45, 2.75) is 24.4 Å². The zero-order valence-corrected chi connectivity index (χ0v) is 20.4. The molecule has 0 aliphatic carbocycles. The molecule has 0 spiro atoms. The minimum Gasteiger partial charge on any atom is -0.481 e. The molecule has 3 aromatic carbocycles. The molecular formula is C25H20ClF3N4O2S. The molecule has 1 amide bonds. The van der Waals surface area contributed by atoms with Crippen molar-refractivity contribution in [1.82, 2.24) is 14.8 Å². The molecule has 4 rings (SSSR count). The number of thioether (sulfide) groups is 1. The van der Waals surface area contributed by atoms with Crippen LogP contribution < -0.4 is 10.1 Å². The third-order valence-electron chi connectivity index (χ3n) is 4.98. The van der Waals surface area contributed by atoms with Gasteiger partial charge in [0.1, 0.15) is 5.75 Å². The van der Waals surface area contributed by atoms with Crippen LogP contribution in [-0.4, -0.2) is 26.4 Å². The number of carbonyl (C=O) groups is 1. The zero-order valence-electron chi connectivity index (χ0n) is 18.9. The molecule has 0 aliphatic rings. The number of nitrogens with zero attached hydrogens (tertiary/aromatic N) is 3. The molecule has 186 valence electrons. The number of rotatable bonds is 8. The highest BCUT2D eigenvalue weighted by atomic mass is 35.5. The van der Waals surface area contributed by atoms with Crippen molar-refractivity contribution in [3.63, 3.8) is 0 Å². The van der Waals surface area contributed by atoms with Crippen LogP contribution in [0.2, 0.25) is 5.02 Å². The Bertz CT molecular complexity index is 1350. The summed E-state index contributed by atoms with van der Waals surface area (Å²) in [7, 11) is 0. The quantitative estimate of drug-likeness (QED) is 0.252. The van der Waals surface area contributed by atoms with E-state index in [1.807, 2.05) is 37.3 Å². The van der Waals surface area contributed by atoms with Gasteiger partial charge in [0.15, 0.2) is 17.1 Å². The lowest BCUT2D eigenvalue weighted by Crippen LogP contribution is -2.16. The number of hydrogen-bond acceptors (Lipinski definition) is 5. The predicted octanol–water partition coefficient (Wildman–Crippen LogP) is 6.81. The summed E-state index contributed by atoms with van der Waals surface area (Å²) in [5, 5.41) is 11.9. The number of aromatic nitrogens is 3. The first-order chi connectivity index (χ1) is 17.2. The first-order valence-corrected chi connectivity index (χ1v) is 12.1. The number of alkyl halides is 3. The second-order valence-corrected chi connectivity index (χ2v) is 8.97. The Morgan fingerprint density at radius 1 is 1.06 bits per heavy atom. The average Bonchev–Trinajstić information content (AvgIpc) is 3.28. The fourth-order valence-corrected chi connectivity index (χ4v) is 4.28. The molecule has 0 bridgehead atoms. The van der Waals surface area contributed by atoms with Crippen LogP contribution in [0.3, 0.4) is 0 Å². The van der Waals surface area contributed by atoms with E-state index < -0.39 is 23.8 Å². The number of ether oxygens (including phenoxy) is 1. The molecule has 0 radical (unpaired) electrons. The maximum Gasteiger partial charge on any atom is 0.416 e. The van der Waals surface area contributed by atoms with Crippen molar-refractivity contribution in [2.24, 2.45) is 0 Å². The molecule has 0 saturated heterocycles. The van der Waals surface area contributed by atoms with E-state index >= 15 is 0 Å². The van der Waals surface area contributed by atoms with Crippen molar-refractivity contribution < 1.29 is 22.7 Å². The highest BCUT2D eigenvalue weighted by molar-refractivity contribution is 7.99. The summed E-state index contributed by atoms with van der Waals surface area (Å²) in [6.07, 6.45) is -5.04. The number of nitrogens with one attached hydrogen (secondary N) is 1. The van der Waals surface area contributed by atoms with Crippen LogP contribution in [-0.2, 0) is 11.0 Å². The Balaban J connectivity index is 1.52. The van der Waals surface area contributed by atoms with Crippen LogP contribution in [0.25, 0.3) is 5.69 Å². The summed E-state index contributed by atoms with van der Waals surface area (Å²) in [6, 6.07) is 20.8. The molecule has 0 aliphatic heterocycles. The number of amides is 1. The van der Waals surface area contributed by atoms with Crippen LogP contribution in [0.5, 0.6) is 5.75 Å². The van der Waals surface area contributed by atoms with Gasteiger partial charge in [-0.15, -0.1) is 10.2 Å². The Morgan fingerprint density at radius 2 is 1.78 bits per heavy atom. The molecule has 1 unspecified atom stereocenters. The van der Waals surface area contributed by atoms with Gasteiger partial charge in [0.25, 0.3) is 0 Å². The standard InChI is InChI=1S/C25H20ClF3N4O2S/c1-16(35-21-13-6-5-12-20(21)26)23-31-32-24(33(23)19-10-3-2-4-11-19)36-15-22(34)30-18-9-7-8-17(14-18)25(27,28)29/h2-14,16H,15H2,1H3,(H,30,34). The second-order valence-electron chi connectivity index (χ2n) is 7.62. The topological polar surface area (TPSA) is 69.0 Å². The molecule has 0 fully saturated rings. The van der Waals surface area contributed by atoms with Gasteiger partial charge < -0.3 is 10.1 Å². The lowest BCUT2D eigenvalue weighted by atomic mass is 10.2. The number of anilines is 1. The van der Waals surface area contributed by atoms with E-state index in [0.717, 1.165) is 29.6 Å². The predicted molar refractivity (Wildman–Crippen MR) is 133 cm³/mol. The number of para-hydroxylation sites is 2. The molecule has 4 aromatic rings. The van der Waals surface area contributed by atoms with Gasteiger partial charge in [0, 0.05) is 11.4 Å². The number of hydrogen-bond donors (Lipinski definition) is 1. The van der Waals surface area contributed by atoms with E-state index in [1.165, 1.54) is 12.1 Å². The van der Waals surface area contributed by atoms with E-state index in [0.29, 0.717) is 21.8 Å². The van der Waals surface area contributed by atoms with E-state index in [2.05, 4.69) is 15.5 Å². The van der Waals surface area contributed by atoms with E-state index in [9.17, 15) is 18.0 Å². The molecule has 0 saturated carbocycles. The zero-order chi connectivity index (χ0) is 25.7. The highest BCUT2D eigenvalue weighted by Gasteiger charge is 2.30. The molecule has 1 heterocycles. The third-order valence-corrected chi connectivity index (χ3v) is 6.22. The van der Waals surface area contributed by atoms with Gasteiger partial charge in [-0.3, -0.25) is 9.36 Å². The molecule has 36 heavy (non-hydrogen) atoms. The maximum atomic E-state index is 13.0. The summed E-state index contributed by atoms with van der Waals surface area (Å²) >= 11 is 7.32. The van der Waals surface area contributed by atoms with E-state index in [4.69, 9.17) is 16.3 Å². The largest absolute Gasteiger partial charge is 0.481 e. The average molecular weight is 533 g/mol. The van der Waals surface area contributed by atoms with Crippen molar-refractivity contribution in [2.75, 3.05) is 11.1 Å². The van der Waals surface area contributed by atoms with Crippen molar-refractivity contribution >= 4 is 35.0 Å². The van der Waals surface area contributed by atoms with Gasteiger partial charge >= 0.3 is 6.18 Å². The van der Waals surface area contributed by atoms with Gasteiger partial charge in [-0.1, -0.05) is 59.8 Å². The molecule has 1 aromatic heterocycles. The summed E-state index contributed by atoms with van der Waals surface area (Å²) in [4.78, 5) is 12.5. The van der Waals surface area contributed by atoms with Crippen LogP contribution in [0.15, 0.2) is 84.0 Å². The van der Waals surface area contributed by atoms with E-state index in [1.54, 1.807) is 28.8 Å². The van der Waals surface area contributed by atoms with Crippen LogP contribution >= 0.6 is 23.4 Å². The first-order valence-electron chi connectivity index (χ1n) is 10.7. The minimum atomic E-state index is -4.50. The summed E-state index contributed by atoms with van der Waals surface area (Å²) in [5.74, 6) is 0.399. The fourth-order valence-electron chi connectivity index (χ4n) is 3.34. The Kier molecular flexibility index (Phi) is 7.85. The smallest absolute Gasteiger partial charge is 0.416 e. The highest BCUT2D eigenvalue weighted by Crippen LogP contribution is 2.32. The van der Waals surface area contributed by atoms with Gasteiger partial charge in [0.05, 0.1) is 16.3 Å². The van der Waals surface area contributed by atoms with Gasteiger partial charge in [0.2, 0.25) is 5.91 Å². The van der Waals surface area contributed by atoms with Crippen LogP contribution in [0, 0.1) is 0 Å². The maximum absolute atomic E-state index is 13.0. The van der Waals surface area contributed by atoms with Crippen LogP contribution in [0.1, 0.15) is 24.4 Å². The Labute approximate surface area is 214 Å². The van der Waals surface area contributed by atoms with E-state index in [-0.39, 0.29) is 11.4 Å². The number of benzene rings is 3. The van der Waals surface area contributed by atoms with Gasteiger partial charge in [-0.25, -0.2) is 0 Å². The Hall–Kier alpha value is -3.50.